The molecule has 0 bridgehead atoms. The van der Waals surface area contributed by atoms with Gasteiger partial charge >= 0.3 is 0 Å². The van der Waals surface area contributed by atoms with Crippen LogP contribution in [-0.2, 0) is 10.0 Å². The van der Waals surface area contributed by atoms with Crippen LogP contribution in [0.25, 0.3) is 33.3 Å². The monoisotopic (exact) mass is 493 g/mol. The number of anilines is 1. The predicted octanol–water partition coefficient (Wildman–Crippen LogP) is 4.76. The van der Waals surface area contributed by atoms with Crippen molar-refractivity contribution in [3.8, 4) is 28.1 Å². The molecule has 0 atom stereocenters. The lowest BCUT2D eigenvalue weighted by molar-refractivity contribution is 0.416. The van der Waals surface area contributed by atoms with Crippen LogP contribution in [0, 0.1) is 5.82 Å². The lowest BCUT2D eigenvalue weighted by atomic mass is 10.00. The Labute approximate surface area is 198 Å². The summed E-state index contributed by atoms with van der Waals surface area (Å²) in [5.74, 6) is 0.213. The van der Waals surface area contributed by atoms with Crippen molar-refractivity contribution in [3.05, 3.63) is 79.1 Å². The van der Waals surface area contributed by atoms with Crippen molar-refractivity contribution in [1.29, 1.82) is 0 Å². The Bertz CT molecular complexity index is 1610. The van der Waals surface area contributed by atoms with Crippen molar-refractivity contribution in [2.45, 2.75) is 4.90 Å². The molecule has 34 heavy (non-hydrogen) atoms. The van der Waals surface area contributed by atoms with Gasteiger partial charge in [-0.1, -0.05) is 18.2 Å². The molecule has 0 spiro atoms. The smallest absolute Gasteiger partial charge is 0.263 e. The fourth-order valence-electron chi connectivity index (χ4n) is 3.55. The molecule has 0 aliphatic carbocycles. The quantitative estimate of drug-likeness (QED) is 0.363. The van der Waals surface area contributed by atoms with E-state index in [4.69, 9.17) is 4.74 Å². The second-order valence-electron chi connectivity index (χ2n) is 7.18. The number of hydrogen-bond acceptors (Lipinski definition) is 8. The van der Waals surface area contributed by atoms with Crippen LogP contribution in [0.3, 0.4) is 0 Å². The number of rotatable bonds is 6. The zero-order valence-electron chi connectivity index (χ0n) is 17.6. The lowest BCUT2D eigenvalue weighted by Crippen LogP contribution is -2.12. The first-order chi connectivity index (χ1) is 16.4. The first kappa shape index (κ1) is 21.9. The van der Waals surface area contributed by atoms with E-state index in [0.717, 1.165) is 22.7 Å². The highest BCUT2D eigenvalue weighted by Gasteiger charge is 2.19. The van der Waals surface area contributed by atoms with Gasteiger partial charge in [0.2, 0.25) is 5.13 Å². The number of nitrogens with zero attached hydrogens (tertiary/aromatic N) is 4. The highest BCUT2D eigenvalue weighted by atomic mass is 32.2. The van der Waals surface area contributed by atoms with E-state index in [-0.39, 0.29) is 15.8 Å². The Hall–Kier alpha value is -3.96. The van der Waals surface area contributed by atoms with Crippen LogP contribution in [0.2, 0.25) is 0 Å². The number of fused-ring (bicyclic) bond motifs is 1. The molecule has 3 aromatic carbocycles. The Balaban J connectivity index is 1.56. The molecule has 0 fully saturated rings. The van der Waals surface area contributed by atoms with Gasteiger partial charge in [-0.05, 0) is 53.6 Å². The van der Waals surface area contributed by atoms with E-state index >= 15 is 0 Å². The van der Waals surface area contributed by atoms with Crippen LogP contribution < -0.4 is 9.46 Å². The molecule has 0 saturated carbocycles. The normalized spacial score (nSPS) is 11.5. The number of methoxy groups -OCH3 is 1. The van der Waals surface area contributed by atoms with Gasteiger partial charge in [0, 0.05) is 22.5 Å². The summed E-state index contributed by atoms with van der Waals surface area (Å²) in [5.41, 5.74) is 3.22. The van der Waals surface area contributed by atoms with Gasteiger partial charge in [-0.2, -0.15) is 4.37 Å². The van der Waals surface area contributed by atoms with Crippen LogP contribution in [0.5, 0.6) is 5.75 Å². The number of aromatic nitrogens is 4. The van der Waals surface area contributed by atoms with Gasteiger partial charge in [-0.25, -0.2) is 27.8 Å². The van der Waals surface area contributed by atoms with Crippen molar-refractivity contribution < 1.29 is 17.5 Å². The lowest BCUT2D eigenvalue weighted by Gasteiger charge is -2.13. The molecule has 0 radical (unpaired) electrons. The Morgan fingerprint density at radius 3 is 2.56 bits per heavy atom. The predicted molar refractivity (Wildman–Crippen MR) is 128 cm³/mol. The second kappa shape index (κ2) is 8.76. The molecule has 2 aromatic heterocycles. The molecular weight excluding hydrogens is 477 g/mol. The summed E-state index contributed by atoms with van der Waals surface area (Å²) in [6, 6.07) is 16.4. The minimum absolute atomic E-state index is 0.0354. The van der Waals surface area contributed by atoms with Gasteiger partial charge in [0.15, 0.2) is 0 Å². The summed E-state index contributed by atoms with van der Waals surface area (Å²) in [4.78, 5) is 12.6. The van der Waals surface area contributed by atoms with Crippen LogP contribution in [-0.4, -0.2) is 34.9 Å². The van der Waals surface area contributed by atoms with E-state index in [2.05, 4.69) is 24.0 Å². The van der Waals surface area contributed by atoms with Gasteiger partial charge < -0.3 is 4.74 Å². The third-order valence-electron chi connectivity index (χ3n) is 5.12. The Kier molecular flexibility index (Phi) is 5.64. The maximum Gasteiger partial charge on any atom is 0.263 e. The van der Waals surface area contributed by atoms with E-state index in [1.54, 1.807) is 19.2 Å². The first-order valence-corrected chi connectivity index (χ1v) is 12.2. The summed E-state index contributed by atoms with van der Waals surface area (Å²) in [6.07, 6.45) is 2.64. The number of nitrogens with one attached hydrogen (secondary N) is 1. The van der Waals surface area contributed by atoms with Crippen LogP contribution in [0.1, 0.15) is 0 Å². The zero-order valence-corrected chi connectivity index (χ0v) is 19.3. The number of sulfonamides is 1. The van der Waals surface area contributed by atoms with Crippen LogP contribution >= 0.6 is 11.5 Å². The van der Waals surface area contributed by atoms with E-state index in [1.165, 1.54) is 36.9 Å². The molecule has 0 saturated heterocycles. The highest BCUT2D eigenvalue weighted by molar-refractivity contribution is 7.93. The number of halogens is 1. The largest absolute Gasteiger partial charge is 0.496 e. The first-order valence-electron chi connectivity index (χ1n) is 9.93. The molecule has 0 amide bonds. The van der Waals surface area contributed by atoms with Crippen LogP contribution in [0.4, 0.5) is 9.52 Å². The summed E-state index contributed by atoms with van der Waals surface area (Å²) in [5, 5.41) is 0.820. The van der Waals surface area contributed by atoms with E-state index in [0.29, 0.717) is 27.9 Å². The number of benzene rings is 3. The average molecular weight is 494 g/mol. The average Bonchev–Trinajstić information content (AvgIpc) is 3.35. The summed E-state index contributed by atoms with van der Waals surface area (Å²) in [6.45, 7) is 0. The third kappa shape index (κ3) is 4.18. The molecule has 2 heterocycles. The second-order valence-corrected chi connectivity index (χ2v) is 9.64. The van der Waals surface area contributed by atoms with Gasteiger partial charge in [-0.15, -0.1) is 0 Å². The summed E-state index contributed by atoms with van der Waals surface area (Å²) in [7, 11) is -2.32. The Morgan fingerprint density at radius 1 is 0.941 bits per heavy atom. The maximum absolute atomic E-state index is 13.7. The minimum atomic E-state index is -3.86. The number of hydrogen-bond donors (Lipinski definition) is 1. The molecule has 8 nitrogen and oxygen atoms in total. The maximum atomic E-state index is 13.7. The van der Waals surface area contributed by atoms with Crippen molar-refractivity contribution in [3.63, 3.8) is 0 Å². The fraction of sp³-hybridized carbons (Fsp3) is 0.0435. The van der Waals surface area contributed by atoms with E-state index in [9.17, 15) is 12.8 Å². The van der Waals surface area contributed by atoms with E-state index in [1.807, 2.05) is 24.3 Å². The summed E-state index contributed by atoms with van der Waals surface area (Å²) < 4.78 is 50.9. The van der Waals surface area contributed by atoms with Gasteiger partial charge in [-0.3, -0.25) is 4.72 Å². The minimum Gasteiger partial charge on any atom is -0.496 e. The zero-order chi connectivity index (χ0) is 23.7. The topological polar surface area (TPSA) is 107 Å². The van der Waals surface area contributed by atoms with Gasteiger partial charge in [0.1, 0.15) is 24.2 Å². The number of ether oxygens (including phenoxy) is 1. The standard InChI is InChI=1S/C23H16FN5O3S2/c1-32-21-10-15(14-3-2-4-16(24)9-14)5-7-19(21)22-18-8-6-17(11-20(18)25-12-26-22)34(30,31)29-23-27-13-28-33-23/h2-13H,1H3,(H,27,28,29). The summed E-state index contributed by atoms with van der Waals surface area (Å²) >= 11 is 0.940. The van der Waals surface area contributed by atoms with Crippen molar-refractivity contribution in [2.24, 2.45) is 0 Å². The molecular formula is C23H16FN5O3S2. The molecule has 11 heteroatoms. The molecule has 0 aliphatic heterocycles. The SMILES string of the molecule is COc1cc(-c2cccc(F)c2)ccc1-c1ncnc2cc(S(=O)(=O)Nc3ncns3)ccc12. The van der Waals surface area contributed by atoms with Crippen molar-refractivity contribution in [2.75, 3.05) is 11.8 Å². The van der Waals surface area contributed by atoms with Gasteiger partial charge in [0.25, 0.3) is 10.0 Å². The highest BCUT2D eigenvalue weighted by Crippen LogP contribution is 2.36. The molecule has 0 unspecified atom stereocenters. The molecule has 5 aromatic rings. The van der Waals surface area contributed by atoms with Crippen LogP contribution in [0.15, 0.2) is 78.2 Å². The molecule has 0 aliphatic rings. The van der Waals surface area contributed by atoms with Gasteiger partial charge in [0.05, 0.1) is 23.2 Å². The van der Waals surface area contributed by atoms with Crippen molar-refractivity contribution >= 4 is 37.6 Å². The Morgan fingerprint density at radius 2 is 1.79 bits per heavy atom. The molecule has 170 valence electrons. The fourth-order valence-corrected chi connectivity index (χ4v) is 5.23. The molecule has 5 rings (SSSR count). The molecule has 1 N–H and O–H groups in total. The third-order valence-corrected chi connectivity index (χ3v) is 7.16. The van der Waals surface area contributed by atoms with Crippen molar-refractivity contribution in [1.82, 2.24) is 19.3 Å². The van der Waals surface area contributed by atoms with E-state index < -0.39 is 10.0 Å².